The quantitative estimate of drug-likeness (QED) is 0.356. The summed E-state index contributed by atoms with van der Waals surface area (Å²) in [6, 6.07) is 19.7. The van der Waals surface area contributed by atoms with E-state index < -0.39 is 11.9 Å². The van der Waals surface area contributed by atoms with E-state index in [0.29, 0.717) is 22.9 Å². The molecule has 3 N–H and O–H groups in total. The van der Waals surface area contributed by atoms with E-state index in [0.717, 1.165) is 28.2 Å². The molecule has 1 unspecified atom stereocenters. The molecule has 1 saturated carbocycles. The third-order valence-corrected chi connectivity index (χ3v) is 7.03. The third kappa shape index (κ3) is 5.12. The molecule has 3 atom stereocenters. The Hall–Kier alpha value is -3.68. The molecule has 1 aliphatic rings. The van der Waals surface area contributed by atoms with Gasteiger partial charge >= 0.3 is 0 Å². The number of aromatic nitrogens is 3. The van der Waals surface area contributed by atoms with Crippen molar-refractivity contribution in [2.45, 2.75) is 24.8 Å². The summed E-state index contributed by atoms with van der Waals surface area (Å²) in [7, 11) is 0. The number of rotatable bonds is 8. The van der Waals surface area contributed by atoms with E-state index in [1.54, 1.807) is 29.2 Å². The molecule has 0 bridgehead atoms. The number of amides is 2. The number of carbonyl (C=O) groups is 2. The van der Waals surface area contributed by atoms with E-state index >= 15 is 0 Å². The summed E-state index contributed by atoms with van der Waals surface area (Å²) in [5, 5.41) is 8.50. The number of nitrogens with two attached hydrogens (primary N) is 1. The molecule has 7 nitrogen and oxygen atoms in total. The Morgan fingerprint density at radius 3 is 2.56 bits per heavy atom. The number of nitrogens with zero attached hydrogens (tertiary/aromatic N) is 3. The van der Waals surface area contributed by atoms with Gasteiger partial charge in [-0.25, -0.2) is 4.68 Å². The minimum atomic E-state index is -0.785. The molecule has 0 aliphatic heterocycles. The Morgan fingerprint density at radius 1 is 1.06 bits per heavy atom. The van der Waals surface area contributed by atoms with Gasteiger partial charge in [-0.15, -0.1) is 0 Å². The van der Waals surface area contributed by atoms with Crippen molar-refractivity contribution in [1.29, 1.82) is 0 Å². The first kappa shape index (κ1) is 24.0. The molecular formula is C27H23Cl2N5O2. The average Bonchev–Trinajstić information content (AvgIpc) is 3.57. The fourth-order valence-corrected chi connectivity index (χ4v) is 4.59. The van der Waals surface area contributed by atoms with Crippen LogP contribution in [0.2, 0.25) is 10.0 Å². The van der Waals surface area contributed by atoms with E-state index in [1.807, 2.05) is 54.6 Å². The molecule has 0 saturated heterocycles. The first-order chi connectivity index (χ1) is 17.4. The number of pyridine rings is 1. The highest BCUT2D eigenvalue weighted by atomic mass is 35.5. The van der Waals surface area contributed by atoms with Crippen molar-refractivity contribution in [2.75, 3.05) is 0 Å². The van der Waals surface area contributed by atoms with Crippen molar-refractivity contribution in [3.05, 3.63) is 100 Å². The van der Waals surface area contributed by atoms with E-state index in [1.165, 1.54) is 0 Å². The van der Waals surface area contributed by atoms with Crippen molar-refractivity contribution in [1.82, 2.24) is 20.1 Å². The predicted octanol–water partition coefficient (Wildman–Crippen LogP) is 4.56. The van der Waals surface area contributed by atoms with Gasteiger partial charge in [0.05, 0.1) is 21.4 Å². The molecule has 36 heavy (non-hydrogen) atoms. The molecule has 2 heterocycles. The van der Waals surface area contributed by atoms with Gasteiger partial charge in [0.2, 0.25) is 11.8 Å². The third-order valence-electron chi connectivity index (χ3n) is 6.29. The summed E-state index contributed by atoms with van der Waals surface area (Å²) in [4.78, 5) is 29.4. The number of nitrogens with one attached hydrogen (secondary N) is 1. The summed E-state index contributed by atoms with van der Waals surface area (Å²) in [5.74, 6) is -1.15. The van der Waals surface area contributed by atoms with Crippen LogP contribution in [0, 0.1) is 5.92 Å². The largest absolute Gasteiger partial charge is 0.368 e. The summed E-state index contributed by atoms with van der Waals surface area (Å²) >= 11 is 12.4. The van der Waals surface area contributed by atoms with Gasteiger partial charge in [-0.3, -0.25) is 14.6 Å². The van der Waals surface area contributed by atoms with Crippen molar-refractivity contribution < 1.29 is 9.59 Å². The van der Waals surface area contributed by atoms with Crippen molar-refractivity contribution >= 4 is 35.0 Å². The van der Waals surface area contributed by atoms with Crippen LogP contribution in [-0.2, 0) is 16.0 Å². The molecule has 182 valence electrons. The second-order valence-electron chi connectivity index (χ2n) is 8.81. The second-order valence-corrected chi connectivity index (χ2v) is 9.62. The maximum atomic E-state index is 13.1. The van der Waals surface area contributed by atoms with Crippen molar-refractivity contribution in [2.24, 2.45) is 11.7 Å². The maximum Gasteiger partial charge on any atom is 0.240 e. The lowest BCUT2D eigenvalue weighted by atomic mass is 10.1. The molecule has 4 aromatic rings. The van der Waals surface area contributed by atoms with Crippen LogP contribution in [0.15, 0.2) is 79.1 Å². The first-order valence-corrected chi connectivity index (χ1v) is 12.3. The Balaban J connectivity index is 1.40. The van der Waals surface area contributed by atoms with Gasteiger partial charge in [0.25, 0.3) is 0 Å². The van der Waals surface area contributed by atoms with Gasteiger partial charge in [0.1, 0.15) is 6.04 Å². The number of carbonyl (C=O) groups excluding carboxylic acids is 2. The highest BCUT2D eigenvalue weighted by molar-refractivity contribution is 6.42. The number of primary amides is 1. The van der Waals surface area contributed by atoms with Crippen LogP contribution >= 0.6 is 23.2 Å². The van der Waals surface area contributed by atoms with E-state index in [-0.39, 0.29) is 17.7 Å². The molecule has 9 heteroatoms. The minimum Gasteiger partial charge on any atom is -0.368 e. The van der Waals surface area contributed by atoms with Crippen molar-refractivity contribution in [3.8, 4) is 16.9 Å². The summed E-state index contributed by atoms with van der Waals surface area (Å²) in [5.41, 5.74) is 9.71. The van der Waals surface area contributed by atoms with Crippen LogP contribution in [0.25, 0.3) is 16.9 Å². The predicted molar refractivity (Wildman–Crippen MR) is 139 cm³/mol. The van der Waals surface area contributed by atoms with E-state index in [9.17, 15) is 9.59 Å². The lowest BCUT2D eigenvalue weighted by Crippen LogP contribution is -2.46. The van der Waals surface area contributed by atoms with Crippen LogP contribution in [0.4, 0.5) is 0 Å². The molecule has 2 aromatic carbocycles. The van der Waals surface area contributed by atoms with Crippen LogP contribution < -0.4 is 11.1 Å². The fraction of sp³-hybridized carbons (Fsp3) is 0.185. The maximum absolute atomic E-state index is 13.1. The summed E-state index contributed by atoms with van der Waals surface area (Å²) in [6.07, 6.45) is 4.41. The van der Waals surface area contributed by atoms with Crippen LogP contribution in [0.1, 0.15) is 23.6 Å². The Bertz CT molecular complexity index is 1410. The lowest BCUT2D eigenvalue weighted by molar-refractivity contribution is -0.128. The molecule has 0 spiro atoms. The number of hydrogen-bond acceptors (Lipinski definition) is 4. The van der Waals surface area contributed by atoms with Crippen molar-refractivity contribution in [3.63, 3.8) is 0 Å². The molecule has 2 aromatic heterocycles. The van der Waals surface area contributed by atoms with Crippen LogP contribution in [0.3, 0.4) is 0 Å². The first-order valence-electron chi connectivity index (χ1n) is 11.5. The van der Waals surface area contributed by atoms with Gasteiger partial charge in [-0.05, 0) is 48.4 Å². The number of halogens is 2. The second kappa shape index (κ2) is 10.1. The SMILES string of the molecule is NC(=O)[C@H](Cc1ccccc1)NC(=O)C1C[C@H]1c1cc(-c2cccnc2)nn1-c1ccc(Cl)c(Cl)c1. The molecule has 1 aliphatic carbocycles. The lowest BCUT2D eigenvalue weighted by Gasteiger charge is -2.16. The minimum absolute atomic E-state index is 0.0809. The Morgan fingerprint density at radius 2 is 1.86 bits per heavy atom. The van der Waals surface area contributed by atoms with Gasteiger partial charge in [-0.1, -0.05) is 53.5 Å². The Labute approximate surface area is 218 Å². The van der Waals surface area contributed by atoms with Gasteiger partial charge < -0.3 is 11.1 Å². The number of hydrogen-bond donors (Lipinski definition) is 2. The van der Waals surface area contributed by atoms with Crippen LogP contribution in [-0.4, -0.2) is 32.6 Å². The summed E-state index contributed by atoms with van der Waals surface area (Å²) < 4.78 is 1.79. The zero-order valence-corrected chi connectivity index (χ0v) is 20.7. The average molecular weight is 520 g/mol. The normalized spacial score (nSPS) is 17.4. The van der Waals surface area contributed by atoms with Gasteiger partial charge in [0.15, 0.2) is 0 Å². The topological polar surface area (TPSA) is 103 Å². The van der Waals surface area contributed by atoms with E-state index in [2.05, 4.69) is 10.3 Å². The van der Waals surface area contributed by atoms with Gasteiger partial charge in [0, 0.05) is 41.9 Å². The standard InChI is InChI=1S/C27H23Cl2N5O2/c28-21-9-8-18(12-22(21)29)34-25(14-23(33-34)17-7-4-10-31-15-17)19-13-20(19)27(36)32-24(26(30)35)11-16-5-2-1-3-6-16/h1-10,12,14-15,19-20,24H,11,13H2,(H2,30,35)(H,32,36)/t19-,20?,24+/m1/s1. The molecule has 0 radical (unpaired) electrons. The monoisotopic (exact) mass is 519 g/mol. The smallest absolute Gasteiger partial charge is 0.240 e. The molecule has 2 amide bonds. The van der Waals surface area contributed by atoms with Crippen LogP contribution in [0.5, 0.6) is 0 Å². The molecular weight excluding hydrogens is 497 g/mol. The Kier molecular flexibility index (Phi) is 6.76. The molecule has 5 rings (SSSR count). The highest BCUT2D eigenvalue weighted by Crippen LogP contribution is 2.49. The molecule has 1 fully saturated rings. The zero-order valence-electron chi connectivity index (χ0n) is 19.1. The summed E-state index contributed by atoms with van der Waals surface area (Å²) in [6.45, 7) is 0. The highest BCUT2D eigenvalue weighted by Gasteiger charge is 2.47. The fourth-order valence-electron chi connectivity index (χ4n) is 4.30. The zero-order chi connectivity index (χ0) is 25.2. The number of benzene rings is 2. The van der Waals surface area contributed by atoms with E-state index in [4.69, 9.17) is 34.0 Å². The van der Waals surface area contributed by atoms with Gasteiger partial charge in [-0.2, -0.15) is 5.10 Å².